The first kappa shape index (κ1) is 27.4. The van der Waals surface area contributed by atoms with E-state index in [0.717, 1.165) is 39.0 Å². The van der Waals surface area contributed by atoms with E-state index < -0.39 is 23.9 Å². The highest BCUT2D eigenvalue weighted by Crippen LogP contribution is 2.46. The molecule has 5 rings (SSSR count). The number of nitrogens with zero attached hydrogens (tertiary/aromatic N) is 3. The normalized spacial score (nSPS) is 27.1. The van der Waals surface area contributed by atoms with Gasteiger partial charge < -0.3 is 19.6 Å². The van der Waals surface area contributed by atoms with Crippen LogP contribution >= 0.6 is 23.2 Å². The summed E-state index contributed by atoms with van der Waals surface area (Å²) in [6.45, 7) is 7.25. The van der Waals surface area contributed by atoms with Gasteiger partial charge in [0.05, 0.1) is 11.0 Å². The van der Waals surface area contributed by atoms with Gasteiger partial charge in [-0.2, -0.15) is 0 Å². The molecule has 0 bridgehead atoms. The largest absolute Gasteiger partial charge is 0.485 e. The predicted octanol–water partition coefficient (Wildman–Crippen LogP) is 6.87. The Morgan fingerprint density at radius 2 is 1.89 bits per heavy atom. The number of anilines is 1. The van der Waals surface area contributed by atoms with Crippen molar-refractivity contribution in [1.29, 1.82) is 0 Å². The minimum absolute atomic E-state index is 0.0993. The van der Waals surface area contributed by atoms with Crippen molar-refractivity contribution < 1.29 is 23.4 Å². The molecule has 0 radical (unpaired) electrons. The number of benzene rings is 1. The highest BCUT2D eigenvalue weighted by molar-refractivity contribution is 6.35. The molecule has 2 aromatic rings. The molecule has 2 atom stereocenters. The first-order valence-corrected chi connectivity index (χ1v) is 13.9. The molecule has 6 nitrogen and oxygen atoms in total. The summed E-state index contributed by atoms with van der Waals surface area (Å²) in [5.74, 6) is 1.06. The molecule has 1 N–H and O–H groups in total. The minimum atomic E-state index is -2.72. The van der Waals surface area contributed by atoms with Gasteiger partial charge in [-0.05, 0) is 70.0 Å². The number of likely N-dealkylation sites (tertiary alicyclic amines) is 1. The first-order valence-electron chi connectivity index (χ1n) is 13.2. The SMILES string of the molecule is C[C@@H](Oc1cc(N2CC([C@H]3CCCN(C4CC(C)(C(=O)O)C4)C3)C2)ncc1C(F)F)c1ccc(Cl)cc1Cl. The van der Waals surface area contributed by atoms with Gasteiger partial charge >= 0.3 is 5.97 Å². The molecule has 10 heteroatoms. The molecular formula is C28H33Cl2F2N3O3. The lowest BCUT2D eigenvalue weighted by Gasteiger charge is -2.52. The van der Waals surface area contributed by atoms with Crippen LogP contribution < -0.4 is 9.64 Å². The van der Waals surface area contributed by atoms with E-state index in [4.69, 9.17) is 27.9 Å². The predicted molar refractivity (Wildman–Crippen MR) is 143 cm³/mol. The van der Waals surface area contributed by atoms with Crippen LogP contribution in [0.15, 0.2) is 30.5 Å². The number of alkyl halides is 2. The maximum Gasteiger partial charge on any atom is 0.309 e. The maximum absolute atomic E-state index is 13.8. The van der Waals surface area contributed by atoms with Gasteiger partial charge in [0.25, 0.3) is 6.43 Å². The summed E-state index contributed by atoms with van der Waals surface area (Å²) in [5, 5.41) is 10.3. The Hall–Kier alpha value is -2.16. The van der Waals surface area contributed by atoms with E-state index in [1.165, 1.54) is 6.20 Å². The average Bonchev–Trinajstić information content (AvgIpc) is 2.81. The number of ether oxygens (including phenoxy) is 1. The second-order valence-corrected chi connectivity index (χ2v) is 12.1. The third kappa shape index (κ3) is 5.45. The van der Waals surface area contributed by atoms with Gasteiger partial charge in [-0.15, -0.1) is 0 Å². The van der Waals surface area contributed by atoms with E-state index in [0.29, 0.717) is 52.1 Å². The Kier molecular flexibility index (Phi) is 7.77. The molecular weight excluding hydrogens is 535 g/mol. The van der Waals surface area contributed by atoms with Crippen LogP contribution in [0.5, 0.6) is 5.75 Å². The van der Waals surface area contributed by atoms with E-state index in [-0.39, 0.29) is 11.3 Å². The molecule has 1 saturated carbocycles. The number of carboxylic acids is 1. The Morgan fingerprint density at radius 1 is 1.16 bits per heavy atom. The third-order valence-corrected chi connectivity index (χ3v) is 9.18. The number of piperidine rings is 1. The molecule has 206 valence electrons. The molecule has 2 aliphatic heterocycles. The van der Waals surface area contributed by atoms with Crippen molar-refractivity contribution in [3.8, 4) is 5.75 Å². The van der Waals surface area contributed by atoms with Crippen LogP contribution in [-0.2, 0) is 4.79 Å². The van der Waals surface area contributed by atoms with E-state index in [2.05, 4.69) is 14.8 Å². The number of pyridine rings is 1. The summed E-state index contributed by atoms with van der Waals surface area (Å²) in [5.41, 5.74) is -0.174. The standard InChI is InChI=1S/C28H33Cl2F2N3O3/c1-16(21-6-5-19(29)8-23(21)30)38-24-9-25(33-12-22(24)26(31)32)35-14-18(15-35)17-4-3-7-34(13-17)20-10-28(2,11-20)27(36)37/h5-6,8-9,12,16-18,20,26H,3-4,7,10-11,13-15H2,1-2H3,(H,36,37)/t16-,17+,20?,28?/m1/s1. The summed E-state index contributed by atoms with van der Waals surface area (Å²) >= 11 is 12.3. The van der Waals surface area contributed by atoms with Crippen LogP contribution in [0, 0.1) is 17.3 Å². The van der Waals surface area contributed by atoms with Crippen molar-refractivity contribution in [1.82, 2.24) is 9.88 Å². The number of aromatic nitrogens is 1. The van der Waals surface area contributed by atoms with Gasteiger partial charge in [-0.25, -0.2) is 13.8 Å². The number of hydrogen-bond donors (Lipinski definition) is 1. The second kappa shape index (κ2) is 10.8. The molecule has 1 aromatic carbocycles. The maximum atomic E-state index is 13.8. The Balaban J connectivity index is 1.22. The smallest absolute Gasteiger partial charge is 0.309 e. The molecule has 2 saturated heterocycles. The van der Waals surface area contributed by atoms with Crippen LogP contribution in [0.1, 0.15) is 63.2 Å². The number of carbonyl (C=O) groups is 1. The van der Waals surface area contributed by atoms with Crippen molar-refractivity contribution in [2.45, 2.75) is 58.1 Å². The van der Waals surface area contributed by atoms with Crippen molar-refractivity contribution in [3.63, 3.8) is 0 Å². The van der Waals surface area contributed by atoms with Gasteiger partial charge in [0, 0.05) is 53.5 Å². The van der Waals surface area contributed by atoms with Crippen molar-refractivity contribution in [2.75, 3.05) is 31.1 Å². The highest BCUT2D eigenvalue weighted by Gasteiger charge is 2.49. The number of rotatable bonds is 8. The zero-order chi connectivity index (χ0) is 27.2. The fraction of sp³-hybridized carbons (Fsp3) is 0.571. The lowest BCUT2D eigenvalue weighted by molar-refractivity contribution is -0.158. The van der Waals surface area contributed by atoms with E-state index in [1.807, 2.05) is 6.92 Å². The molecule has 0 amide bonds. The zero-order valence-electron chi connectivity index (χ0n) is 21.5. The Bertz CT molecular complexity index is 1190. The van der Waals surface area contributed by atoms with Crippen molar-refractivity contribution in [3.05, 3.63) is 51.6 Å². The molecule has 3 heterocycles. The van der Waals surface area contributed by atoms with E-state index >= 15 is 0 Å². The third-order valence-electron chi connectivity index (χ3n) is 8.61. The van der Waals surface area contributed by atoms with Gasteiger partial charge in [0.2, 0.25) is 0 Å². The summed E-state index contributed by atoms with van der Waals surface area (Å²) in [4.78, 5) is 20.4. The summed E-state index contributed by atoms with van der Waals surface area (Å²) in [6, 6.07) is 6.99. The summed E-state index contributed by atoms with van der Waals surface area (Å²) in [7, 11) is 0. The van der Waals surface area contributed by atoms with Gasteiger partial charge in [0.15, 0.2) is 0 Å². The van der Waals surface area contributed by atoms with Crippen molar-refractivity contribution in [2.24, 2.45) is 17.3 Å². The minimum Gasteiger partial charge on any atom is -0.485 e. The lowest BCUT2D eigenvalue weighted by atomic mass is 9.65. The number of aliphatic carboxylic acids is 1. The van der Waals surface area contributed by atoms with Gasteiger partial charge in [-0.1, -0.05) is 29.3 Å². The van der Waals surface area contributed by atoms with Crippen LogP contribution in [-0.4, -0.2) is 53.2 Å². The summed E-state index contributed by atoms with van der Waals surface area (Å²) in [6.07, 6.45) is 1.64. The highest BCUT2D eigenvalue weighted by atomic mass is 35.5. The molecule has 1 aromatic heterocycles. The van der Waals surface area contributed by atoms with Crippen LogP contribution in [0.25, 0.3) is 0 Å². The molecule has 0 spiro atoms. The van der Waals surface area contributed by atoms with Crippen molar-refractivity contribution >= 4 is 35.0 Å². The van der Waals surface area contributed by atoms with Gasteiger partial charge in [0.1, 0.15) is 17.7 Å². The van der Waals surface area contributed by atoms with E-state index in [9.17, 15) is 18.7 Å². The Morgan fingerprint density at radius 3 is 2.55 bits per heavy atom. The fourth-order valence-corrected chi connectivity index (χ4v) is 6.69. The lowest BCUT2D eigenvalue weighted by Crippen LogP contribution is -2.58. The molecule has 1 aliphatic carbocycles. The number of carboxylic acid groups (broad SMARTS) is 1. The average molecular weight is 568 g/mol. The fourth-order valence-electron chi connectivity index (χ4n) is 6.13. The summed E-state index contributed by atoms with van der Waals surface area (Å²) < 4.78 is 33.5. The molecule has 3 fully saturated rings. The Labute approximate surface area is 231 Å². The zero-order valence-corrected chi connectivity index (χ0v) is 23.1. The molecule has 3 aliphatic rings. The van der Waals surface area contributed by atoms with Crippen LogP contribution in [0.3, 0.4) is 0 Å². The van der Waals surface area contributed by atoms with Crippen LogP contribution in [0.2, 0.25) is 10.0 Å². The first-order chi connectivity index (χ1) is 18.0. The number of halogens is 4. The molecule has 38 heavy (non-hydrogen) atoms. The van der Waals surface area contributed by atoms with Gasteiger partial charge in [-0.3, -0.25) is 4.79 Å². The number of hydrogen-bond acceptors (Lipinski definition) is 5. The van der Waals surface area contributed by atoms with E-state index in [1.54, 1.807) is 31.2 Å². The quantitative estimate of drug-likeness (QED) is 0.375. The monoisotopic (exact) mass is 567 g/mol. The second-order valence-electron chi connectivity index (χ2n) is 11.3. The topological polar surface area (TPSA) is 65.9 Å². The molecule has 0 unspecified atom stereocenters. The van der Waals surface area contributed by atoms with Crippen LogP contribution in [0.4, 0.5) is 14.6 Å².